The molecule has 0 bridgehead atoms. The maximum Gasteiger partial charge on any atom is 0.408 e. The van der Waals surface area contributed by atoms with Gasteiger partial charge in [0.1, 0.15) is 12.6 Å². The summed E-state index contributed by atoms with van der Waals surface area (Å²) in [5.74, 6) is -1.03. The normalized spacial score (nSPS) is 26.5. The Labute approximate surface area is 274 Å². The molecule has 3 aliphatic heterocycles. The van der Waals surface area contributed by atoms with Crippen molar-refractivity contribution >= 4 is 23.6 Å². The summed E-state index contributed by atoms with van der Waals surface area (Å²) in [7, 11) is 0. The van der Waals surface area contributed by atoms with Crippen molar-refractivity contribution in [2.75, 3.05) is 24.6 Å². The molecule has 0 aromatic heterocycles. The summed E-state index contributed by atoms with van der Waals surface area (Å²) in [5.41, 5.74) is 3.54. The molecular formula is C36H41N3O8. The van der Waals surface area contributed by atoms with Crippen molar-refractivity contribution in [2.24, 2.45) is 5.92 Å². The number of amides is 3. The molecule has 3 aromatic carbocycles. The number of ether oxygens (including phenoxy) is 3. The van der Waals surface area contributed by atoms with Crippen LogP contribution in [0.1, 0.15) is 60.8 Å². The van der Waals surface area contributed by atoms with E-state index in [1.54, 1.807) is 18.2 Å². The molecule has 6 atom stereocenters. The van der Waals surface area contributed by atoms with Gasteiger partial charge in [-0.05, 0) is 48.2 Å². The van der Waals surface area contributed by atoms with E-state index in [2.05, 4.69) is 17.1 Å². The van der Waals surface area contributed by atoms with Gasteiger partial charge in [0.05, 0.1) is 37.5 Å². The van der Waals surface area contributed by atoms with Gasteiger partial charge < -0.3 is 29.7 Å². The first-order valence-electron chi connectivity index (χ1n) is 16.1. The topological polar surface area (TPSA) is 138 Å². The Morgan fingerprint density at radius 3 is 2.49 bits per heavy atom. The molecule has 0 aliphatic carbocycles. The van der Waals surface area contributed by atoms with Crippen molar-refractivity contribution in [2.45, 2.75) is 70.0 Å². The molecule has 47 heavy (non-hydrogen) atoms. The van der Waals surface area contributed by atoms with Crippen LogP contribution in [0.15, 0.2) is 78.9 Å². The number of rotatable bonds is 10. The van der Waals surface area contributed by atoms with Gasteiger partial charge in [0.2, 0.25) is 5.91 Å². The number of hydrogen-bond acceptors (Lipinski definition) is 9. The molecule has 0 radical (unpaired) electrons. The van der Waals surface area contributed by atoms with E-state index in [0.717, 1.165) is 41.0 Å². The number of imide groups is 1. The van der Waals surface area contributed by atoms with Gasteiger partial charge in [0.25, 0.3) is 5.91 Å². The number of likely N-dealkylation sites (tertiary alicyclic amines) is 1. The summed E-state index contributed by atoms with van der Waals surface area (Å²) in [6.45, 7) is 3.66. The minimum atomic E-state index is -1.05. The molecule has 6 rings (SSSR count). The van der Waals surface area contributed by atoms with Crippen LogP contribution in [0.4, 0.5) is 10.5 Å². The molecule has 11 heteroatoms. The lowest BCUT2D eigenvalue weighted by Gasteiger charge is -2.43. The van der Waals surface area contributed by atoms with Crippen LogP contribution in [-0.2, 0) is 37.0 Å². The van der Waals surface area contributed by atoms with Crippen molar-refractivity contribution in [1.29, 1.82) is 0 Å². The summed E-state index contributed by atoms with van der Waals surface area (Å²) >= 11 is 0. The smallest absolute Gasteiger partial charge is 0.408 e. The van der Waals surface area contributed by atoms with Crippen LogP contribution in [0.3, 0.4) is 0 Å². The van der Waals surface area contributed by atoms with Crippen molar-refractivity contribution in [3.8, 4) is 0 Å². The van der Waals surface area contributed by atoms with E-state index in [4.69, 9.17) is 14.2 Å². The molecule has 3 N–H and O–H groups in total. The minimum Gasteiger partial charge on any atom is -0.445 e. The molecule has 1 unspecified atom stereocenters. The molecule has 3 heterocycles. The minimum absolute atomic E-state index is 0.0374. The Balaban J connectivity index is 1.19. The number of alkyl carbamates (subject to hydrolysis) is 1. The van der Waals surface area contributed by atoms with Crippen LogP contribution < -0.4 is 10.2 Å². The number of carbonyl (C=O) groups excluding carboxylic acids is 3. The van der Waals surface area contributed by atoms with Crippen molar-refractivity contribution in [3.63, 3.8) is 0 Å². The molecule has 0 saturated carbocycles. The van der Waals surface area contributed by atoms with Crippen molar-refractivity contribution < 1.29 is 38.8 Å². The molecule has 3 aromatic rings. The number of hydrogen-bond donors (Lipinski definition) is 3. The number of aliphatic hydroxyl groups excluding tert-OH is 2. The van der Waals surface area contributed by atoms with Gasteiger partial charge in [-0.1, -0.05) is 73.7 Å². The number of nitrogens with zero attached hydrogens (tertiary/aromatic N) is 2. The highest BCUT2D eigenvalue weighted by Crippen LogP contribution is 2.43. The fourth-order valence-corrected chi connectivity index (χ4v) is 6.63. The molecule has 0 spiro atoms. The third kappa shape index (κ3) is 7.39. The van der Waals surface area contributed by atoms with Crippen LogP contribution in [0, 0.1) is 5.92 Å². The molecule has 3 amide bonds. The third-order valence-corrected chi connectivity index (χ3v) is 9.30. The second kappa shape index (κ2) is 14.7. The highest BCUT2D eigenvalue weighted by molar-refractivity contribution is 6.22. The first kappa shape index (κ1) is 32.8. The Kier molecular flexibility index (Phi) is 10.3. The summed E-state index contributed by atoms with van der Waals surface area (Å²) < 4.78 is 18.4. The number of carbonyl (C=O) groups is 3. The number of aliphatic hydroxyl groups is 2. The van der Waals surface area contributed by atoms with Gasteiger partial charge >= 0.3 is 6.09 Å². The molecule has 3 aliphatic rings. The second-order valence-corrected chi connectivity index (χ2v) is 12.4. The SMILES string of the molecule is C[C@H]1[C@@H](CN2CCC[C@H]2CO)O[C@@H](c2cccc(N3C(=O)CC(NC(=O)OCc4ccccc4)C3=O)c2)O[C@H]1c1ccc(CO)cc1. The average molecular weight is 644 g/mol. The van der Waals surface area contributed by atoms with E-state index in [1.165, 1.54) is 0 Å². The van der Waals surface area contributed by atoms with Crippen LogP contribution in [-0.4, -0.2) is 70.9 Å². The van der Waals surface area contributed by atoms with E-state index >= 15 is 0 Å². The standard InChI is InChI=1S/C36H41N3O8/c1-23-31(19-38-16-6-11-29(38)21-41)46-35(47-33(23)26-14-12-24(20-40)13-15-26)27-9-5-10-28(17-27)39-32(42)18-30(34(39)43)37-36(44)45-22-25-7-3-2-4-8-25/h2-5,7-10,12-15,17,23,29-31,33,35,40-41H,6,11,16,18-22H2,1H3,(H,37,44)/t23-,29-,30?,31+,33+,35+/m0/s1. The van der Waals surface area contributed by atoms with Crippen molar-refractivity contribution in [1.82, 2.24) is 10.2 Å². The van der Waals surface area contributed by atoms with Crippen LogP contribution in [0.5, 0.6) is 0 Å². The summed E-state index contributed by atoms with van der Waals surface area (Å²) in [6, 6.07) is 22.8. The van der Waals surface area contributed by atoms with Gasteiger partial charge in [-0.3, -0.25) is 14.5 Å². The highest BCUT2D eigenvalue weighted by atomic mass is 16.7. The fourth-order valence-electron chi connectivity index (χ4n) is 6.63. The molecule has 3 saturated heterocycles. The Hall–Kier alpha value is -4.13. The third-order valence-electron chi connectivity index (χ3n) is 9.30. The molecule has 248 valence electrons. The van der Waals surface area contributed by atoms with Crippen LogP contribution in [0.25, 0.3) is 0 Å². The summed E-state index contributed by atoms with van der Waals surface area (Å²) in [5, 5.41) is 22.0. The zero-order valence-electron chi connectivity index (χ0n) is 26.4. The Bertz CT molecular complexity index is 1550. The predicted octanol–water partition coefficient (Wildman–Crippen LogP) is 3.99. The first-order valence-corrected chi connectivity index (χ1v) is 16.1. The van der Waals surface area contributed by atoms with E-state index in [9.17, 15) is 24.6 Å². The number of benzene rings is 3. The number of anilines is 1. The molecule has 11 nitrogen and oxygen atoms in total. The predicted molar refractivity (Wildman–Crippen MR) is 172 cm³/mol. The van der Waals surface area contributed by atoms with Crippen molar-refractivity contribution in [3.05, 3.63) is 101 Å². The number of nitrogens with one attached hydrogen (secondary N) is 1. The monoisotopic (exact) mass is 643 g/mol. The second-order valence-electron chi connectivity index (χ2n) is 12.4. The van der Waals surface area contributed by atoms with Gasteiger partial charge in [0, 0.05) is 24.1 Å². The molecular weight excluding hydrogens is 602 g/mol. The van der Waals surface area contributed by atoms with E-state index < -0.39 is 30.2 Å². The summed E-state index contributed by atoms with van der Waals surface area (Å²) in [4.78, 5) is 42.3. The van der Waals surface area contributed by atoms with Gasteiger partial charge in [-0.2, -0.15) is 0 Å². The van der Waals surface area contributed by atoms with E-state index in [0.29, 0.717) is 17.8 Å². The lowest BCUT2D eigenvalue weighted by molar-refractivity contribution is -0.276. The van der Waals surface area contributed by atoms with E-state index in [-0.39, 0.29) is 50.4 Å². The summed E-state index contributed by atoms with van der Waals surface area (Å²) in [6.07, 6.45) is -0.396. The first-order chi connectivity index (χ1) is 22.8. The Morgan fingerprint density at radius 1 is 0.957 bits per heavy atom. The zero-order valence-corrected chi connectivity index (χ0v) is 26.4. The lowest BCUT2D eigenvalue weighted by atomic mass is 9.90. The highest BCUT2D eigenvalue weighted by Gasteiger charge is 2.43. The van der Waals surface area contributed by atoms with Gasteiger partial charge in [-0.25, -0.2) is 9.69 Å². The molecule has 3 fully saturated rings. The average Bonchev–Trinajstić information content (AvgIpc) is 3.67. The van der Waals surface area contributed by atoms with Gasteiger partial charge in [-0.15, -0.1) is 0 Å². The van der Waals surface area contributed by atoms with Crippen LogP contribution in [0.2, 0.25) is 0 Å². The quantitative estimate of drug-likeness (QED) is 0.280. The zero-order chi connectivity index (χ0) is 32.9. The lowest BCUT2D eigenvalue weighted by Crippen LogP contribution is -2.46. The maximum atomic E-state index is 13.4. The van der Waals surface area contributed by atoms with Gasteiger partial charge in [0.15, 0.2) is 6.29 Å². The van der Waals surface area contributed by atoms with Crippen LogP contribution >= 0.6 is 0 Å². The van der Waals surface area contributed by atoms with E-state index in [1.807, 2.05) is 60.7 Å². The largest absolute Gasteiger partial charge is 0.445 e. The maximum absolute atomic E-state index is 13.4. The fraction of sp³-hybridized carbons (Fsp3) is 0.417. The Morgan fingerprint density at radius 2 is 1.74 bits per heavy atom.